The van der Waals surface area contributed by atoms with E-state index in [4.69, 9.17) is 0 Å². The molecule has 2 aliphatic carbocycles. The zero-order chi connectivity index (χ0) is 40.7. The molecule has 3 aliphatic rings. The second-order valence-electron chi connectivity index (χ2n) is 18.2. The smallest absolute Gasteiger partial charge is 0.0656 e. The molecule has 0 atom stereocenters. The highest BCUT2D eigenvalue weighted by molar-refractivity contribution is 6.22. The number of anilines is 4. The summed E-state index contributed by atoms with van der Waals surface area (Å²) in [6, 6.07) is 64.4. The Morgan fingerprint density at radius 2 is 0.750 bits per heavy atom. The molecule has 60 heavy (non-hydrogen) atoms. The molecule has 9 aromatic carbocycles. The highest BCUT2D eigenvalue weighted by Gasteiger charge is 2.37. The minimum Gasteiger partial charge on any atom is -0.341 e. The van der Waals surface area contributed by atoms with E-state index < -0.39 is 0 Å². The number of rotatable bonds is 3. The van der Waals surface area contributed by atoms with E-state index in [9.17, 15) is 0 Å². The summed E-state index contributed by atoms with van der Waals surface area (Å²) in [7, 11) is 4.38. The Morgan fingerprint density at radius 3 is 1.47 bits per heavy atom. The van der Waals surface area contributed by atoms with Crippen LogP contribution in [0.25, 0.3) is 77.2 Å². The first-order chi connectivity index (χ1) is 29.1. The maximum Gasteiger partial charge on any atom is 0.0656 e. The van der Waals surface area contributed by atoms with Gasteiger partial charge < -0.3 is 9.80 Å². The van der Waals surface area contributed by atoms with E-state index >= 15 is 0 Å². The van der Waals surface area contributed by atoms with Gasteiger partial charge in [0.1, 0.15) is 0 Å². The minimum atomic E-state index is -0.0734. The minimum absolute atomic E-state index is 0.0547. The van der Waals surface area contributed by atoms with Crippen molar-refractivity contribution >= 4 is 44.3 Å². The lowest BCUT2D eigenvalue weighted by Gasteiger charge is -2.36. The molecule has 0 spiro atoms. The number of nitrogens with zero attached hydrogens (tertiary/aromatic N) is 2. The van der Waals surface area contributed by atoms with E-state index in [1.54, 1.807) is 0 Å². The Balaban J connectivity index is 1.12. The van der Waals surface area contributed by atoms with Crippen molar-refractivity contribution in [2.24, 2.45) is 0 Å². The van der Waals surface area contributed by atoms with Gasteiger partial charge in [-0.25, -0.2) is 0 Å². The molecule has 0 unspecified atom stereocenters. The first-order valence-electron chi connectivity index (χ1n) is 21.3. The van der Waals surface area contributed by atoms with Crippen molar-refractivity contribution < 1.29 is 0 Å². The average Bonchev–Trinajstić information content (AvgIpc) is 3.65. The molecule has 12 rings (SSSR count). The van der Waals surface area contributed by atoms with E-state index in [1.807, 2.05) is 0 Å². The third-order valence-corrected chi connectivity index (χ3v) is 14.4. The molecular formula is C58H46N2. The summed E-state index contributed by atoms with van der Waals surface area (Å²) in [4.78, 5) is 4.67. The Bertz CT molecular complexity index is 3310. The topological polar surface area (TPSA) is 6.48 Å². The maximum absolute atomic E-state index is 2.48. The molecule has 288 valence electrons. The third-order valence-electron chi connectivity index (χ3n) is 14.4. The van der Waals surface area contributed by atoms with Crippen LogP contribution in [-0.2, 0) is 10.8 Å². The fraction of sp³-hybridized carbons (Fsp3) is 0.138. The van der Waals surface area contributed by atoms with Gasteiger partial charge in [-0.15, -0.1) is 0 Å². The molecule has 0 saturated heterocycles. The Kier molecular flexibility index (Phi) is 7.20. The Morgan fingerprint density at radius 1 is 0.300 bits per heavy atom. The highest BCUT2D eigenvalue weighted by atomic mass is 15.2. The van der Waals surface area contributed by atoms with Crippen molar-refractivity contribution in [1.82, 2.24) is 0 Å². The fourth-order valence-electron chi connectivity index (χ4n) is 11.3. The number of hydrogen-bond acceptors (Lipinski definition) is 2. The summed E-state index contributed by atoms with van der Waals surface area (Å²) in [5.41, 5.74) is 23.2. The lowest BCUT2D eigenvalue weighted by molar-refractivity contribution is 0.660. The van der Waals surface area contributed by atoms with Crippen LogP contribution in [0, 0.1) is 0 Å². The van der Waals surface area contributed by atoms with Gasteiger partial charge in [0.2, 0.25) is 0 Å². The Labute approximate surface area is 353 Å². The van der Waals surface area contributed by atoms with Crippen LogP contribution in [-0.4, -0.2) is 14.1 Å². The largest absolute Gasteiger partial charge is 0.341 e. The summed E-state index contributed by atoms with van der Waals surface area (Å²) in [6.07, 6.45) is 0. The van der Waals surface area contributed by atoms with E-state index in [0.29, 0.717) is 0 Å². The van der Waals surface area contributed by atoms with Crippen LogP contribution in [0.2, 0.25) is 0 Å². The number of hydrogen-bond donors (Lipinski definition) is 0. The van der Waals surface area contributed by atoms with Crippen LogP contribution in [0.4, 0.5) is 22.7 Å². The number of benzene rings is 9. The van der Waals surface area contributed by atoms with Crippen molar-refractivity contribution in [3.63, 3.8) is 0 Å². The molecule has 0 bridgehead atoms. The molecule has 0 saturated carbocycles. The van der Waals surface area contributed by atoms with Crippen molar-refractivity contribution in [3.05, 3.63) is 192 Å². The van der Waals surface area contributed by atoms with Gasteiger partial charge in [-0.3, -0.25) is 0 Å². The van der Waals surface area contributed by atoms with E-state index in [2.05, 4.69) is 221 Å². The van der Waals surface area contributed by atoms with E-state index in [1.165, 1.54) is 122 Å². The quantitative estimate of drug-likeness (QED) is 0.165. The molecule has 0 fully saturated rings. The lowest BCUT2D eigenvalue weighted by Crippen LogP contribution is -2.24. The van der Waals surface area contributed by atoms with E-state index in [-0.39, 0.29) is 10.8 Å². The summed E-state index contributed by atoms with van der Waals surface area (Å²) >= 11 is 0. The molecule has 9 aromatic rings. The van der Waals surface area contributed by atoms with Gasteiger partial charge in [0, 0.05) is 24.9 Å². The van der Waals surface area contributed by atoms with Gasteiger partial charge in [-0.2, -0.15) is 0 Å². The van der Waals surface area contributed by atoms with Gasteiger partial charge in [0.25, 0.3) is 0 Å². The second-order valence-corrected chi connectivity index (χ2v) is 18.2. The van der Waals surface area contributed by atoms with Crippen LogP contribution in [0.1, 0.15) is 49.9 Å². The first-order valence-corrected chi connectivity index (χ1v) is 21.3. The zero-order valence-electron chi connectivity index (χ0n) is 35.1. The zero-order valence-corrected chi connectivity index (χ0v) is 35.1. The van der Waals surface area contributed by atoms with Crippen molar-refractivity contribution in [3.8, 4) is 55.6 Å². The predicted molar refractivity (Wildman–Crippen MR) is 255 cm³/mol. The van der Waals surface area contributed by atoms with Crippen LogP contribution in [0.3, 0.4) is 0 Å². The molecule has 2 heteroatoms. The lowest BCUT2D eigenvalue weighted by atomic mass is 9.80. The van der Waals surface area contributed by atoms with E-state index in [0.717, 1.165) is 0 Å². The summed E-state index contributed by atoms with van der Waals surface area (Å²) < 4.78 is 0. The van der Waals surface area contributed by atoms with Crippen molar-refractivity contribution in [2.45, 2.75) is 38.5 Å². The number of fused-ring (bicyclic) bond motifs is 10. The first kappa shape index (κ1) is 35.1. The van der Waals surface area contributed by atoms with Crippen LogP contribution < -0.4 is 9.80 Å². The Hall–Kier alpha value is -6.90. The fourth-order valence-corrected chi connectivity index (χ4v) is 11.3. The van der Waals surface area contributed by atoms with Crippen LogP contribution in [0.15, 0.2) is 170 Å². The van der Waals surface area contributed by atoms with Crippen LogP contribution in [0.5, 0.6) is 0 Å². The molecule has 1 aliphatic heterocycles. The third kappa shape index (κ3) is 4.71. The van der Waals surface area contributed by atoms with Crippen molar-refractivity contribution in [1.29, 1.82) is 0 Å². The summed E-state index contributed by atoms with van der Waals surface area (Å²) in [5.74, 6) is 0. The summed E-state index contributed by atoms with van der Waals surface area (Å²) in [5, 5.41) is 5.05. The maximum atomic E-state index is 2.48. The molecule has 0 radical (unpaired) electrons. The monoisotopic (exact) mass is 770 g/mol. The van der Waals surface area contributed by atoms with Gasteiger partial charge in [-0.05, 0) is 142 Å². The molecule has 1 heterocycles. The summed E-state index contributed by atoms with van der Waals surface area (Å²) in [6.45, 7) is 9.48. The van der Waals surface area contributed by atoms with Gasteiger partial charge in [0.15, 0.2) is 0 Å². The van der Waals surface area contributed by atoms with Crippen LogP contribution >= 0.6 is 0 Å². The standard InChI is InChI=1S/C58H46N2/c1-57(2)48-20-12-10-16-40(48)45-32-37(25-29-49(45)57)56-43-18-8-7-17-42(43)55(38-26-30-53-54(34-38)60(6)52-22-14-13-21-51(52)59(53)5)44-28-24-35(31-46(44)56)36-23-27-41-39-15-9-11-19-47(39)58(3,4)50(41)33-36/h7-34H,1-6H3. The number of para-hydroxylation sites is 2. The SMILES string of the molecule is CN1c2ccccc2N(C)c2cc(-c3c4ccccc4c(-c4ccc5c(c4)-c4ccccc4C5(C)C)c4cc(-c5ccc6c(c5)C(C)(C)c5ccccc5-6)ccc34)ccc21. The molecule has 2 nitrogen and oxygen atoms in total. The van der Waals surface area contributed by atoms with Gasteiger partial charge in [-0.1, -0.05) is 155 Å². The molecule has 0 N–H and O–H groups in total. The van der Waals surface area contributed by atoms with Crippen molar-refractivity contribution in [2.75, 3.05) is 23.9 Å². The highest BCUT2D eigenvalue weighted by Crippen LogP contribution is 2.54. The predicted octanol–water partition coefficient (Wildman–Crippen LogP) is 15.5. The second kappa shape index (κ2) is 12.3. The average molecular weight is 771 g/mol. The molecular weight excluding hydrogens is 725 g/mol. The molecule has 0 amide bonds. The van der Waals surface area contributed by atoms with Gasteiger partial charge >= 0.3 is 0 Å². The normalized spacial score (nSPS) is 15.0. The van der Waals surface area contributed by atoms with Gasteiger partial charge in [0.05, 0.1) is 22.7 Å². The molecule has 0 aromatic heterocycles.